The van der Waals surface area contributed by atoms with Crippen molar-refractivity contribution in [2.45, 2.75) is 32.4 Å². The normalized spacial score (nSPS) is 14.8. The molecule has 0 heterocycles. The summed E-state index contributed by atoms with van der Waals surface area (Å²) in [4.78, 5) is 0. The van der Waals surface area contributed by atoms with Gasteiger partial charge in [-0.05, 0) is 26.5 Å². The number of rotatable bonds is 5. The lowest BCUT2D eigenvalue weighted by molar-refractivity contribution is 0.0664. The molecule has 1 aromatic carbocycles. The van der Waals surface area contributed by atoms with E-state index in [0.717, 1.165) is 12.0 Å². The number of aryl methyl sites for hydroxylation is 1. The molecule has 0 saturated carbocycles. The maximum atomic E-state index is 13.7. The smallest absolute Gasteiger partial charge is 0.128 e. The van der Waals surface area contributed by atoms with Crippen LogP contribution in [0.3, 0.4) is 0 Å². The van der Waals surface area contributed by atoms with Crippen LogP contribution in [0.5, 0.6) is 0 Å². The van der Waals surface area contributed by atoms with Crippen molar-refractivity contribution in [2.24, 2.45) is 0 Å². The average Bonchev–Trinajstić information content (AvgIpc) is 2.29. The van der Waals surface area contributed by atoms with E-state index in [2.05, 4.69) is 5.32 Å². The van der Waals surface area contributed by atoms with Crippen LogP contribution < -0.4 is 5.32 Å². The Hall–Kier alpha value is -0.930. The molecule has 0 fully saturated rings. The van der Waals surface area contributed by atoms with Crippen molar-refractivity contribution in [3.8, 4) is 0 Å². The summed E-state index contributed by atoms with van der Waals surface area (Å²) in [7, 11) is 3.49. The van der Waals surface area contributed by atoms with Gasteiger partial charge in [-0.2, -0.15) is 0 Å². The molecule has 3 heteroatoms. The van der Waals surface area contributed by atoms with Gasteiger partial charge in [0.25, 0.3) is 0 Å². The van der Waals surface area contributed by atoms with Gasteiger partial charge in [0.1, 0.15) is 5.82 Å². The molecule has 16 heavy (non-hydrogen) atoms. The second-order valence-electron chi connectivity index (χ2n) is 3.97. The minimum absolute atomic E-state index is 0.0127. The van der Waals surface area contributed by atoms with Crippen LogP contribution >= 0.6 is 0 Å². The zero-order valence-electron chi connectivity index (χ0n) is 10.4. The lowest BCUT2D eigenvalue weighted by Crippen LogP contribution is -2.31. The molecule has 0 aromatic heterocycles. The number of hydrogen-bond acceptors (Lipinski definition) is 2. The summed E-state index contributed by atoms with van der Waals surface area (Å²) < 4.78 is 19.1. The fourth-order valence-corrected chi connectivity index (χ4v) is 1.98. The highest BCUT2D eigenvalue weighted by Crippen LogP contribution is 2.24. The zero-order chi connectivity index (χ0) is 12.1. The van der Waals surface area contributed by atoms with E-state index in [0.29, 0.717) is 5.56 Å². The van der Waals surface area contributed by atoms with E-state index in [1.54, 1.807) is 13.2 Å². The number of methoxy groups -OCH3 is 1. The van der Waals surface area contributed by atoms with E-state index in [-0.39, 0.29) is 18.0 Å². The standard InChI is InChI=1S/C13H20FNO/c1-5-12(16-4)13(15-3)10-8-9(2)6-7-11(10)14/h6-8,12-13,15H,5H2,1-4H3. The summed E-state index contributed by atoms with van der Waals surface area (Å²) in [5, 5.41) is 3.12. The van der Waals surface area contributed by atoms with E-state index < -0.39 is 0 Å². The van der Waals surface area contributed by atoms with E-state index >= 15 is 0 Å². The highest BCUT2D eigenvalue weighted by Gasteiger charge is 2.22. The highest BCUT2D eigenvalue weighted by atomic mass is 19.1. The van der Waals surface area contributed by atoms with Crippen LogP contribution in [0.2, 0.25) is 0 Å². The molecule has 0 amide bonds. The van der Waals surface area contributed by atoms with E-state index in [1.807, 2.05) is 27.0 Å². The maximum absolute atomic E-state index is 13.7. The van der Waals surface area contributed by atoms with Crippen molar-refractivity contribution in [1.29, 1.82) is 0 Å². The first-order valence-electron chi connectivity index (χ1n) is 5.60. The lowest BCUT2D eigenvalue weighted by atomic mass is 9.97. The molecular weight excluding hydrogens is 205 g/mol. The number of hydrogen-bond donors (Lipinski definition) is 1. The topological polar surface area (TPSA) is 21.3 Å². The zero-order valence-corrected chi connectivity index (χ0v) is 10.4. The van der Waals surface area contributed by atoms with Crippen LogP contribution in [0.15, 0.2) is 18.2 Å². The van der Waals surface area contributed by atoms with Crippen LogP contribution in [0.4, 0.5) is 4.39 Å². The molecule has 2 unspecified atom stereocenters. The van der Waals surface area contributed by atoms with Crippen molar-refractivity contribution in [3.05, 3.63) is 35.1 Å². The van der Waals surface area contributed by atoms with Crippen molar-refractivity contribution >= 4 is 0 Å². The molecule has 0 bridgehead atoms. The lowest BCUT2D eigenvalue weighted by Gasteiger charge is -2.25. The third-order valence-corrected chi connectivity index (χ3v) is 2.87. The van der Waals surface area contributed by atoms with Gasteiger partial charge >= 0.3 is 0 Å². The maximum Gasteiger partial charge on any atom is 0.128 e. The molecule has 0 aliphatic heterocycles. The van der Waals surface area contributed by atoms with E-state index in [4.69, 9.17) is 4.74 Å². The molecule has 90 valence electrons. The van der Waals surface area contributed by atoms with E-state index in [1.165, 1.54) is 6.07 Å². The monoisotopic (exact) mass is 225 g/mol. The van der Waals surface area contributed by atoms with Gasteiger partial charge in [0.05, 0.1) is 12.1 Å². The predicted molar refractivity (Wildman–Crippen MR) is 64.0 cm³/mol. The van der Waals surface area contributed by atoms with Gasteiger partial charge < -0.3 is 10.1 Å². The molecule has 1 aromatic rings. The van der Waals surface area contributed by atoms with Crippen molar-refractivity contribution in [2.75, 3.05) is 14.2 Å². The number of likely N-dealkylation sites (N-methyl/N-ethyl adjacent to an activating group) is 1. The van der Waals surface area contributed by atoms with Gasteiger partial charge in [-0.15, -0.1) is 0 Å². The van der Waals surface area contributed by atoms with Crippen molar-refractivity contribution in [3.63, 3.8) is 0 Å². The molecule has 1 N–H and O–H groups in total. The van der Waals surface area contributed by atoms with Crippen molar-refractivity contribution < 1.29 is 9.13 Å². The Morgan fingerprint density at radius 2 is 2.12 bits per heavy atom. The summed E-state index contributed by atoms with van der Waals surface area (Å²) in [6.07, 6.45) is 0.830. The van der Waals surface area contributed by atoms with E-state index in [9.17, 15) is 4.39 Å². The summed E-state index contributed by atoms with van der Waals surface area (Å²) >= 11 is 0. The molecule has 0 radical (unpaired) electrons. The first kappa shape index (κ1) is 13.1. The summed E-state index contributed by atoms with van der Waals surface area (Å²) in [6.45, 7) is 4.00. The van der Waals surface area contributed by atoms with Gasteiger partial charge in [-0.3, -0.25) is 0 Å². The van der Waals surface area contributed by atoms with Crippen molar-refractivity contribution in [1.82, 2.24) is 5.32 Å². The molecule has 0 aliphatic rings. The Bertz CT molecular complexity index is 337. The molecule has 2 atom stereocenters. The van der Waals surface area contributed by atoms with Crippen LogP contribution in [0, 0.1) is 12.7 Å². The molecule has 0 spiro atoms. The van der Waals surface area contributed by atoms with Crippen LogP contribution in [0.25, 0.3) is 0 Å². The fourth-order valence-electron chi connectivity index (χ4n) is 1.98. The number of benzene rings is 1. The summed E-state index contributed by atoms with van der Waals surface area (Å²) in [6, 6.07) is 5.06. The number of nitrogens with one attached hydrogen (secondary N) is 1. The third-order valence-electron chi connectivity index (χ3n) is 2.87. The first-order valence-corrected chi connectivity index (χ1v) is 5.60. The Labute approximate surface area is 96.8 Å². The number of ether oxygens (including phenoxy) is 1. The number of halogens is 1. The molecular formula is C13H20FNO. The van der Waals surface area contributed by atoms with Gasteiger partial charge in [0.15, 0.2) is 0 Å². The molecule has 0 saturated heterocycles. The van der Waals surface area contributed by atoms with Gasteiger partial charge in [0.2, 0.25) is 0 Å². The van der Waals surface area contributed by atoms with Crippen LogP contribution in [0.1, 0.15) is 30.5 Å². The second kappa shape index (κ2) is 5.97. The minimum atomic E-state index is -0.180. The van der Waals surface area contributed by atoms with Gasteiger partial charge in [-0.25, -0.2) is 4.39 Å². The SMILES string of the molecule is CCC(OC)C(NC)c1cc(C)ccc1F. The Kier molecular flexibility index (Phi) is 4.90. The third kappa shape index (κ3) is 2.80. The van der Waals surface area contributed by atoms with Crippen LogP contribution in [-0.2, 0) is 4.74 Å². The molecule has 2 nitrogen and oxygen atoms in total. The Morgan fingerprint density at radius 1 is 1.44 bits per heavy atom. The average molecular weight is 225 g/mol. The quantitative estimate of drug-likeness (QED) is 0.832. The van der Waals surface area contributed by atoms with Crippen LogP contribution in [-0.4, -0.2) is 20.3 Å². The minimum Gasteiger partial charge on any atom is -0.379 e. The highest BCUT2D eigenvalue weighted by molar-refractivity contribution is 5.27. The Morgan fingerprint density at radius 3 is 2.62 bits per heavy atom. The first-order chi connectivity index (χ1) is 7.63. The summed E-state index contributed by atoms with van der Waals surface area (Å²) in [5.41, 5.74) is 1.74. The molecule has 0 aliphatic carbocycles. The van der Waals surface area contributed by atoms with Gasteiger partial charge in [-0.1, -0.05) is 24.6 Å². The van der Waals surface area contributed by atoms with Gasteiger partial charge in [0, 0.05) is 12.7 Å². The molecule has 1 rings (SSSR count). The predicted octanol–water partition coefficient (Wildman–Crippen LogP) is 2.82. The summed E-state index contributed by atoms with van der Waals surface area (Å²) in [5.74, 6) is -0.180. The Balaban J connectivity index is 3.06. The largest absolute Gasteiger partial charge is 0.379 e. The fraction of sp³-hybridized carbons (Fsp3) is 0.538. The second-order valence-corrected chi connectivity index (χ2v) is 3.97.